The van der Waals surface area contributed by atoms with E-state index in [9.17, 15) is 9.90 Å². The number of carbonyl (C=O) groups excluding carboxylic acids is 1. The zero-order valence-electron chi connectivity index (χ0n) is 13.2. The number of carbonyl (C=O) groups is 1. The highest BCUT2D eigenvalue weighted by molar-refractivity contribution is 5.74. The van der Waals surface area contributed by atoms with Crippen molar-refractivity contribution in [2.75, 3.05) is 13.6 Å². The fraction of sp³-hybridized carbons (Fsp3) is 0.611. The fourth-order valence-corrected chi connectivity index (χ4v) is 2.96. The van der Waals surface area contributed by atoms with Gasteiger partial charge in [-0.1, -0.05) is 30.3 Å². The van der Waals surface area contributed by atoms with Crippen molar-refractivity contribution in [1.29, 1.82) is 0 Å². The molecule has 22 heavy (non-hydrogen) atoms. The van der Waals surface area contributed by atoms with Gasteiger partial charge in [-0.25, -0.2) is 4.79 Å². The minimum atomic E-state index is -0.371. The molecule has 3 rings (SSSR count). The summed E-state index contributed by atoms with van der Waals surface area (Å²) in [5.74, 6) is 1.00. The van der Waals surface area contributed by atoms with Crippen LogP contribution in [0.15, 0.2) is 30.3 Å². The van der Waals surface area contributed by atoms with Crippen LogP contribution in [-0.4, -0.2) is 41.8 Å². The Bertz CT molecular complexity index is 497. The second kappa shape index (κ2) is 6.69. The number of hydrogen-bond donors (Lipinski definition) is 2. The molecule has 4 nitrogen and oxygen atoms in total. The van der Waals surface area contributed by atoms with Gasteiger partial charge in [-0.3, -0.25) is 0 Å². The zero-order valence-corrected chi connectivity index (χ0v) is 13.2. The van der Waals surface area contributed by atoms with Gasteiger partial charge in [0.25, 0.3) is 0 Å². The summed E-state index contributed by atoms with van der Waals surface area (Å²) in [7, 11) is 1.77. The van der Waals surface area contributed by atoms with Gasteiger partial charge in [-0.15, -0.1) is 0 Å². The van der Waals surface area contributed by atoms with Gasteiger partial charge < -0.3 is 15.3 Å². The van der Waals surface area contributed by atoms with Crippen molar-refractivity contribution in [2.24, 2.45) is 11.8 Å². The smallest absolute Gasteiger partial charge is 0.317 e. The molecule has 0 heterocycles. The molecular formula is C18H26N2O2. The van der Waals surface area contributed by atoms with Crippen LogP contribution in [0.2, 0.25) is 0 Å². The lowest BCUT2D eigenvalue weighted by molar-refractivity contribution is 0.112. The van der Waals surface area contributed by atoms with Crippen molar-refractivity contribution in [2.45, 2.75) is 44.2 Å². The Morgan fingerprint density at radius 3 is 2.45 bits per heavy atom. The van der Waals surface area contributed by atoms with E-state index < -0.39 is 0 Å². The number of aliphatic hydroxyl groups is 1. The quantitative estimate of drug-likeness (QED) is 0.813. The Morgan fingerprint density at radius 2 is 1.86 bits per heavy atom. The standard InChI is InChI=1S/C18H26N2O2/c1-20(12-17(21)15-9-10-15)18(22)19-16(14-7-8-14)11-13-5-3-2-4-6-13/h2-6,14-17,21H,7-12H2,1H3,(H,19,22). The van der Waals surface area contributed by atoms with Crippen LogP contribution in [0.4, 0.5) is 4.79 Å². The highest BCUT2D eigenvalue weighted by Gasteiger charge is 2.34. The molecule has 0 bridgehead atoms. The molecular weight excluding hydrogens is 276 g/mol. The Balaban J connectivity index is 1.52. The summed E-state index contributed by atoms with van der Waals surface area (Å²) in [5.41, 5.74) is 1.26. The van der Waals surface area contributed by atoms with Crippen molar-refractivity contribution < 1.29 is 9.90 Å². The molecule has 2 N–H and O–H groups in total. The van der Waals surface area contributed by atoms with Crippen molar-refractivity contribution in [3.63, 3.8) is 0 Å². The summed E-state index contributed by atoms with van der Waals surface area (Å²) in [4.78, 5) is 14.0. The molecule has 2 atom stereocenters. The fourth-order valence-electron chi connectivity index (χ4n) is 2.96. The van der Waals surface area contributed by atoms with Crippen LogP contribution in [-0.2, 0) is 6.42 Å². The second-order valence-corrected chi connectivity index (χ2v) is 6.87. The van der Waals surface area contributed by atoms with E-state index in [1.807, 2.05) is 18.2 Å². The van der Waals surface area contributed by atoms with E-state index in [1.54, 1.807) is 11.9 Å². The topological polar surface area (TPSA) is 52.6 Å². The van der Waals surface area contributed by atoms with Crippen molar-refractivity contribution >= 4 is 6.03 Å². The summed E-state index contributed by atoms with van der Waals surface area (Å²) in [6.07, 6.45) is 5.10. The minimum absolute atomic E-state index is 0.0625. The largest absolute Gasteiger partial charge is 0.391 e. The molecule has 2 aliphatic rings. The normalized spacial score (nSPS) is 20.3. The van der Waals surface area contributed by atoms with Crippen LogP contribution in [0.25, 0.3) is 0 Å². The number of likely N-dealkylation sites (N-methyl/N-ethyl adjacent to an activating group) is 1. The molecule has 0 aliphatic heterocycles. The van der Waals surface area contributed by atoms with Gasteiger partial charge in [0, 0.05) is 19.6 Å². The first kappa shape index (κ1) is 15.3. The monoisotopic (exact) mass is 302 g/mol. The number of hydrogen-bond acceptors (Lipinski definition) is 2. The molecule has 0 radical (unpaired) electrons. The summed E-state index contributed by atoms with van der Waals surface area (Å²) in [6.45, 7) is 0.430. The van der Waals surface area contributed by atoms with E-state index in [0.717, 1.165) is 19.3 Å². The average molecular weight is 302 g/mol. The Hall–Kier alpha value is -1.55. The first-order valence-electron chi connectivity index (χ1n) is 8.37. The van der Waals surface area contributed by atoms with E-state index >= 15 is 0 Å². The highest BCUT2D eigenvalue weighted by Crippen LogP contribution is 2.34. The Kier molecular flexibility index (Phi) is 4.67. The van der Waals surface area contributed by atoms with Gasteiger partial charge in [-0.2, -0.15) is 0 Å². The Labute approximate surface area is 132 Å². The SMILES string of the molecule is CN(CC(O)C1CC1)C(=O)NC(Cc1ccccc1)C1CC1. The number of aliphatic hydroxyl groups excluding tert-OH is 1. The van der Waals surface area contributed by atoms with Gasteiger partial charge >= 0.3 is 6.03 Å². The van der Waals surface area contributed by atoms with Crippen LogP contribution < -0.4 is 5.32 Å². The molecule has 2 aliphatic carbocycles. The van der Waals surface area contributed by atoms with Crippen LogP contribution in [0.5, 0.6) is 0 Å². The first-order chi connectivity index (χ1) is 10.6. The molecule has 120 valence electrons. The summed E-state index contributed by atoms with van der Waals surface area (Å²) in [6, 6.07) is 10.5. The molecule has 2 saturated carbocycles. The van der Waals surface area contributed by atoms with Gasteiger partial charge in [0.1, 0.15) is 0 Å². The van der Waals surface area contributed by atoms with E-state index in [0.29, 0.717) is 18.4 Å². The lowest BCUT2D eigenvalue weighted by Crippen LogP contribution is -2.47. The van der Waals surface area contributed by atoms with Gasteiger partial charge in [0.2, 0.25) is 0 Å². The minimum Gasteiger partial charge on any atom is -0.391 e. The van der Waals surface area contributed by atoms with E-state index in [1.165, 1.54) is 18.4 Å². The van der Waals surface area contributed by atoms with E-state index in [-0.39, 0.29) is 18.2 Å². The first-order valence-corrected chi connectivity index (χ1v) is 8.37. The number of nitrogens with zero attached hydrogens (tertiary/aromatic N) is 1. The molecule has 0 aromatic heterocycles. The molecule has 1 aromatic carbocycles. The molecule has 2 fully saturated rings. The number of rotatable bonds is 7. The molecule has 2 amide bonds. The maximum Gasteiger partial charge on any atom is 0.317 e. The van der Waals surface area contributed by atoms with Gasteiger partial charge in [0.15, 0.2) is 0 Å². The van der Waals surface area contributed by atoms with Crippen molar-refractivity contribution in [3.05, 3.63) is 35.9 Å². The van der Waals surface area contributed by atoms with Crippen LogP contribution in [0, 0.1) is 11.8 Å². The number of nitrogens with one attached hydrogen (secondary N) is 1. The maximum absolute atomic E-state index is 12.4. The lowest BCUT2D eigenvalue weighted by Gasteiger charge is -2.25. The predicted octanol–water partition coefficient (Wildman–Crippen LogP) is 2.42. The third kappa shape index (κ3) is 4.23. The number of benzene rings is 1. The molecule has 4 heteroatoms. The van der Waals surface area contributed by atoms with Gasteiger partial charge in [0.05, 0.1) is 6.10 Å². The molecule has 0 spiro atoms. The number of amides is 2. The maximum atomic E-state index is 12.4. The second-order valence-electron chi connectivity index (χ2n) is 6.87. The number of urea groups is 1. The van der Waals surface area contributed by atoms with Gasteiger partial charge in [-0.05, 0) is 49.5 Å². The predicted molar refractivity (Wildman–Crippen MR) is 86.6 cm³/mol. The average Bonchev–Trinajstić information content (AvgIpc) is 3.40. The Morgan fingerprint density at radius 1 is 1.23 bits per heavy atom. The highest BCUT2D eigenvalue weighted by atomic mass is 16.3. The van der Waals surface area contributed by atoms with E-state index in [2.05, 4.69) is 17.4 Å². The summed E-state index contributed by atoms with van der Waals surface area (Å²) < 4.78 is 0. The molecule has 0 saturated heterocycles. The third-order valence-corrected chi connectivity index (χ3v) is 4.77. The molecule has 1 aromatic rings. The van der Waals surface area contributed by atoms with Crippen LogP contribution in [0.1, 0.15) is 31.2 Å². The van der Waals surface area contributed by atoms with E-state index in [4.69, 9.17) is 0 Å². The van der Waals surface area contributed by atoms with Crippen molar-refractivity contribution in [3.8, 4) is 0 Å². The summed E-state index contributed by atoms with van der Waals surface area (Å²) in [5, 5.41) is 13.1. The third-order valence-electron chi connectivity index (χ3n) is 4.77. The zero-order chi connectivity index (χ0) is 15.5. The molecule has 2 unspecified atom stereocenters. The van der Waals surface area contributed by atoms with Crippen LogP contribution >= 0.6 is 0 Å². The van der Waals surface area contributed by atoms with Crippen LogP contribution in [0.3, 0.4) is 0 Å². The summed E-state index contributed by atoms with van der Waals surface area (Å²) >= 11 is 0. The van der Waals surface area contributed by atoms with Crippen molar-refractivity contribution in [1.82, 2.24) is 10.2 Å². The lowest BCUT2D eigenvalue weighted by atomic mass is 10.0.